The van der Waals surface area contributed by atoms with Crippen LogP contribution in [0.5, 0.6) is 0 Å². The number of rotatable bonds is 6. The number of para-hydroxylation sites is 1. The molecule has 0 aromatic heterocycles. The van der Waals surface area contributed by atoms with E-state index in [2.05, 4.69) is 92.9 Å². The second-order valence-corrected chi connectivity index (χ2v) is 9.00. The van der Waals surface area contributed by atoms with Crippen molar-refractivity contribution in [2.45, 2.75) is 23.1 Å². The molecule has 0 radical (unpaired) electrons. The molecule has 1 unspecified atom stereocenters. The van der Waals surface area contributed by atoms with E-state index in [9.17, 15) is 0 Å². The summed E-state index contributed by atoms with van der Waals surface area (Å²) in [6.07, 6.45) is 13.8. The van der Waals surface area contributed by atoms with Crippen LogP contribution < -0.4 is 4.90 Å². The molecule has 4 heteroatoms. The smallest absolute Gasteiger partial charge is 0.0988 e. The number of allylic oxidation sites excluding steroid dienone is 3. The molecule has 2 aliphatic rings. The Balaban J connectivity index is 1.50. The maximum atomic E-state index is 2.35. The van der Waals surface area contributed by atoms with Gasteiger partial charge in [-0.25, -0.2) is 0 Å². The van der Waals surface area contributed by atoms with Crippen LogP contribution in [0.1, 0.15) is 12.8 Å². The molecular weight excluding hydrogens is 326 g/mol. The molecule has 0 saturated heterocycles. The van der Waals surface area contributed by atoms with E-state index in [4.69, 9.17) is 0 Å². The van der Waals surface area contributed by atoms with Gasteiger partial charge >= 0.3 is 0 Å². The summed E-state index contributed by atoms with van der Waals surface area (Å²) in [5.74, 6) is 0. The van der Waals surface area contributed by atoms with Crippen LogP contribution in [0.25, 0.3) is 0 Å². The van der Waals surface area contributed by atoms with Gasteiger partial charge in [-0.15, -0.1) is 0 Å². The Morgan fingerprint density at radius 3 is 2.48 bits per heavy atom. The van der Waals surface area contributed by atoms with Gasteiger partial charge in [0, 0.05) is 30.9 Å². The zero-order valence-corrected chi connectivity index (χ0v) is 16.7. The molecule has 0 amide bonds. The number of hydrogen-bond donors (Lipinski definition) is 0. The first-order valence-corrected chi connectivity index (χ1v) is 9.93. The molecule has 3 nitrogen and oxygen atoms in total. The molecule has 0 bridgehead atoms. The first kappa shape index (κ1) is 18.2. The minimum absolute atomic E-state index is 0.373. The Morgan fingerprint density at radius 2 is 1.80 bits per heavy atom. The van der Waals surface area contributed by atoms with Gasteiger partial charge in [-0.3, -0.25) is 0 Å². The summed E-state index contributed by atoms with van der Waals surface area (Å²) in [7, 11) is 8.95. The van der Waals surface area contributed by atoms with E-state index < -0.39 is 0 Å². The molecule has 0 aliphatic carbocycles. The maximum Gasteiger partial charge on any atom is 0.0988 e. The van der Waals surface area contributed by atoms with Crippen molar-refractivity contribution in [2.75, 3.05) is 46.2 Å². The van der Waals surface area contributed by atoms with Gasteiger partial charge in [0.15, 0.2) is 0 Å². The normalized spacial score (nSPS) is 19.5. The molecule has 2 heterocycles. The minimum atomic E-state index is 0.373. The highest BCUT2D eigenvalue weighted by Gasteiger charge is 2.25. The number of unbranched alkanes of at least 4 members (excludes halogenated alkanes) is 1. The van der Waals surface area contributed by atoms with Crippen molar-refractivity contribution in [2.24, 2.45) is 0 Å². The highest BCUT2D eigenvalue weighted by molar-refractivity contribution is 8.00. The standard InChI is InChI=1S/C21H30N3S/c1-22-19-9-5-6-10-20(19)25-21(22)17-18-11-14-23(15-12-18)13-7-8-16-24(2,3)4/h5-6,9-12,14-15,17,21H,7-8,13,16H2,1-4H3/q+1. The molecule has 25 heavy (non-hydrogen) atoms. The number of quaternary nitrogens is 1. The van der Waals surface area contributed by atoms with E-state index in [1.165, 1.54) is 35.5 Å². The molecule has 0 spiro atoms. The van der Waals surface area contributed by atoms with E-state index in [-0.39, 0.29) is 0 Å². The molecule has 3 rings (SSSR count). The van der Waals surface area contributed by atoms with Gasteiger partial charge in [-0.2, -0.15) is 0 Å². The monoisotopic (exact) mass is 356 g/mol. The van der Waals surface area contributed by atoms with Crippen LogP contribution >= 0.6 is 11.8 Å². The number of nitrogens with zero attached hydrogens (tertiary/aromatic N) is 3. The highest BCUT2D eigenvalue weighted by Crippen LogP contribution is 2.43. The molecule has 0 N–H and O–H groups in total. The van der Waals surface area contributed by atoms with Crippen molar-refractivity contribution in [1.29, 1.82) is 0 Å². The van der Waals surface area contributed by atoms with Crippen LogP contribution in [0.2, 0.25) is 0 Å². The van der Waals surface area contributed by atoms with Crippen LogP contribution in [0.4, 0.5) is 5.69 Å². The van der Waals surface area contributed by atoms with Crippen LogP contribution in [0.15, 0.2) is 65.4 Å². The Bertz CT molecular complexity index is 669. The lowest BCUT2D eigenvalue weighted by atomic mass is 10.2. The van der Waals surface area contributed by atoms with Crippen LogP contribution in [0.3, 0.4) is 0 Å². The van der Waals surface area contributed by atoms with Crippen molar-refractivity contribution < 1.29 is 4.48 Å². The zero-order chi connectivity index (χ0) is 17.9. The summed E-state index contributed by atoms with van der Waals surface area (Å²) in [6, 6.07) is 8.64. The van der Waals surface area contributed by atoms with E-state index in [0.29, 0.717) is 5.37 Å². The van der Waals surface area contributed by atoms with Gasteiger partial charge in [0.1, 0.15) is 0 Å². The molecule has 1 aromatic rings. The third-order valence-electron chi connectivity index (χ3n) is 4.62. The zero-order valence-electron chi connectivity index (χ0n) is 15.9. The molecule has 134 valence electrons. The van der Waals surface area contributed by atoms with Crippen LogP contribution in [-0.4, -0.2) is 56.0 Å². The lowest BCUT2D eigenvalue weighted by molar-refractivity contribution is -0.870. The predicted molar refractivity (Wildman–Crippen MR) is 110 cm³/mol. The number of likely N-dealkylation sites (N-methyl/N-ethyl adjacent to an activating group) is 1. The second kappa shape index (κ2) is 7.71. The average molecular weight is 357 g/mol. The Morgan fingerprint density at radius 1 is 1.08 bits per heavy atom. The summed E-state index contributed by atoms with van der Waals surface area (Å²) in [6.45, 7) is 2.34. The first-order chi connectivity index (χ1) is 11.9. The van der Waals surface area contributed by atoms with Gasteiger partial charge in [0.05, 0.1) is 38.7 Å². The fourth-order valence-electron chi connectivity index (χ4n) is 3.11. The van der Waals surface area contributed by atoms with E-state index in [1.807, 2.05) is 11.8 Å². The summed E-state index contributed by atoms with van der Waals surface area (Å²) < 4.78 is 1.05. The molecule has 1 aromatic carbocycles. The molecule has 2 aliphatic heterocycles. The van der Waals surface area contributed by atoms with Crippen molar-refractivity contribution >= 4 is 17.4 Å². The predicted octanol–water partition coefficient (Wildman–Crippen LogP) is 4.31. The van der Waals surface area contributed by atoms with Gasteiger partial charge < -0.3 is 14.3 Å². The van der Waals surface area contributed by atoms with Crippen LogP contribution in [0, 0.1) is 0 Å². The first-order valence-electron chi connectivity index (χ1n) is 9.05. The number of benzene rings is 1. The Hall–Kier alpha value is -1.65. The van der Waals surface area contributed by atoms with Gasteiger partial charge in [0.25, 0.3) is 0 Å². The number of thioether (sulfide) groups is 1. The van der Waals surface area contributed by atoms with E-state index in [1.54, 1.807) is 0 Å². The van der Waals surface area contributed by atoms with Gasteiger partial charge in [-0.05, 0) is 48.8 Å². The van der Waals surface area contributed by atoms with Crippen molar-refractivity contribution in [1.82, 2.24) is 4.90 Å². The lowest BCUT2D eigenvalue weighted by Crippen LogP contribution is -2.35. The minimum Gasteiger partial charge on any atom is -0.358 e. The fraction of sp³-hybridized carbons (Fsp3) is 0.429. The Labute approximate surface area is 156 Å². The second-order valence-electron chi connectivity index (χ2n) is 7.84. The molecular formula is C21H30N3S+. The molecule has 0 fully saturated rings. The third-order valence-corrected chi connectivity index (χ3v) is 5.91. The van der Waals surface area contributed by atoms with E-state index >= 15 is 0 Å². The number of fused-ring (bicyclic) bond motifs is 1. The maximum absolute atomic E-state index is 2.35. The number of anilines is 1. The van der Waals surface area contributed by atoms with Crippen molar-refractivity contribution in [3.63, 3.8) is 0 Å². The highest BCUT2D eigenvalue weighted by atomic mass is 32.2. The molecule has 1 atom stereocenters. The summed E-state index contributed by atoms with van der Waals surface area (Å²) in [5.41, 5.74) is 2.62. The van der Waals surface area contributed by atoms with Crippen LogP contribution in [-0.2, 0) is 0 Å². The lowest BCUT2D eigenvalue weighted by Gasteiger charge is -2.25. The quantitative estimate of drug-likeness (QED) is 0.554. The van der Waals surface area contributed by atoms with Crippen molar-refractivity contribution in [3.8, 4) is 0 Å². The number of hydrogen-bond acceptors (Lipinski definition) is 3. The Kier molecular flexibility index (Phi) is 5.60. The largest absolute Gasteiger partial charge is 0.358 e. The van der Waals surface area contributed by atoms with E-state index in [0.717, 1.165) is 11.0 Å². The summed E-state index contributed by atoms with van der Waals surface area (Å²) >= 11 is 1.92. The van der Waals surface area contributed by atoms with Crippen molar-refractivity contribution in [3.05, 3.63) is 60.5 Å². The third kappa shape index (κ3) is 4.93. The fourth-order valence-corrected chi connectivity index (χ4v) is 4.36. The van der Waals surface area contributed by atoms with Gasteiger partial charge in [0.2, 0.25) is 0 Å². The topological polar surface area (TPSA) is 6.48 Å². The summed E-state index contributed by atoms with van der Waals surface area (Å²) in [5, 5.41) is 0.373. The molecule has 0 saturated carbocycles. The van der Waals surface area contributed by atoms with Gasteiger partial charge in [-0.1, -0.05) is 23.9 Å². The SMILES string of the molecule is CN1c2ccccc2SC1C=C1C=CN(CCCC[N+](C)(C)C)C=C1. The average Bonchev–Trinajstić information content (AvgIpc) is 2.89. The summed E-state index contributed by atoms with van der Waals surface area (Å²) in [4.78, 5) is 6.02.